The second kappa shape index (κ2) is 11.2. The molecule has 6 rings (SSSR count). The molecule has 1 N–H and O–H groups in total. The first-order chi connectivity index (χ1) is 20.5. The molecule has 3 aromatic rings. The Balaban J connectivity index is 1.29. The lowest BCUT2D eigenvalue weighted by atomic mass is 10.0. The van der Waals surface area contributed by atoms with Crippen molar-refractivity contribution < 1.29 is 22.0 Å². The normalized spacial score (nSPS) is 19.6. The van der Waals surface area contributed by atoms with E-state index in [0.717, 1.165) is 25.9 Å². The minimum Gasteiger partial charge on any atom is -0.367 e. The zero-order valence-corrected chi connectivity index (χ0v) is 25.4. The number of urea groups is 1. The summed E-state index contributed by atoms with van der Waals surface area (Å²) >= 11 is 0.665. The average Bonchev–Trinajstić information content (AvgIpc) is 3.38. The molecular formula is C26H32F2N10O3S2. The smallest absolute Gasteiger partial charge is 0.320 e. The number of benzene rings is 1. The first kappa shape index (κ1) is 29.6. The Labute approximate surface area is 251 Å². The van der Waals surface area contributed by atoms with Crippen LogP contribution >= 0.6 is 11.3 Å². The van der Waals surface area contributed by atoms with Crippen LogP contribution in [0.3, 0.4) is 0 Å². The van der Waals surface area contributed by atoms with E-state index in [0.29, 0.717) is 66.9 Å². The minimum absolute atomic E-state index is 0.0231. The molecule has 230 valence electrons. The molecule has 0 bridgehead atoms. The fourth-order valence-electron chi connectivity index (χ4n) is 5.63. The molecule has 1 aliphatic carbocycles. The number of hydrogen-bond donors (Lipinski definition) is 1. The molecule has 1 saturated carbocycles. The van der Waals surface area contributed by atoms with E-state index in [4.69, 9.17) is 0 Å². The van der Waals surface area contributed by atoms with Crippen LogP contribution in [0.1, 0.15) is 37.1 Å². The summed E-state index contributed by atoms with van der Waals surface area (Å²) in [6, 6.07) is 5.15. The topological polar surface area (TPSA) is 144 Å². The zero-order chi connectivity index (χ0) is 30.5. The number of anilines is 1. The van der Waals surface area contributed by atoms with E-state index >= 15 is 0 Å². The molecule has 0 spiro atoms. The van der Waals surface area contributed by atoms with Crippen LogP contribution in [0.25, 0.3) is 16.0 Å². The van der Waals surface area contributed by atoms with Gasteiger partial charge in [-0.25, -0.2) is 26.7 Å². The molecule has 2 aromatic heterocycles. The average molecular weight is 635 g/mol. The SMILES string of the molecule is CN1CCC(N(C)C(=O)N2CCN(c3cc(S(=O)(=O)NC4(C#N)CC4)cc4c3cnn4-c3nnc(C(F)F)s3)CC2)CC1. The molecule has 0 atom stereocenters. The number of carbonyl (C=O) groups is 1. The molecule has 0 radical (unpaired) electrons. The van der Waals surface area contributed by atoms with Crippen molar-refractivity contribution in [3.05, 3.63) is 23.3 Å². The lowest BCUT2D eigenvalue weighted by Crippen LogP contribution is -2.55. The van der Waals surface area contributed by atoms with Crippen LogP contribution in [-0.4, -0.2) is 114 Å². The maximum Gasteiger partial charge on any atom is 0.320 e. The number of piperidine rings is 1. The Hall–Kier alpha value is -3.46. The number of sulfonamides is 1. The fourth-order valence-corrected chi connectivity index (χ4v) is 7.72. The number of nitrogens with one attached hydrogen (secondary N) is 1. The second-order valence-electron chi connectivity index (χ2n) is 11.4. The Morgan fingerprint density at radius 1 is 1.16 bits per heavy atom. The van der Waals surface area contributed by atoms with Gasteiger partial charge in [0, 0.05) is 50.3 Å². The summed E-state index contributed by atoms with van der Waals surface area (Å²) in [4.78, 5) is 21.1. The van der Waals surface area contributed by atoms with E-state index < -0.39 is 27.0 Å². The summed E-state index contributed by atoms with van der Waals surface area (Å²) in [5, 5.41) is 21.4. The summed E-state index contributed by atoms with van der Waals surface area (Å²) in [5.41, 5.74) is -0.219. The number of likely N-dealkylation sites (tertiary alicyclic amines) is 1. The number of hydrogen-bond acceptors (Lipinski definition) is 10. The third-order valence-electron chi connectivity index (χ3n) is 8.47. The van der Waals surface area contributed by atoms with Crippen LogP contribution in [0.2, 0.25) is 0 Å². The molecule has 3 fully saturated rings. The van der Waals surface area contributed by atoms with Crippen molar-refractivity contribution in [2.45, 2.75) is 48.6 Å². The monoisotopic (exact) mass is 634 g/mol. The first-order valence-electron chi connectivity index (χ1n) is 14.0. The highest BCUT2D eigenvalue weighted by Crippen LogP contribution is 2.38. The van der Waals surface area contributed by atoms with Crippen molar-refractivity contribution in [1.29, 1.82) is 5.26 Å². The highest BCUT2D eigenvalue weighted by molar-refractivity contribution is 7.89. The summed E-state index contributed by atoms with van der Waals surface area (Å²) in [5.74, 6) is 0. The van der Waals surface area contributed by atoms with E-state index in [1.165, 1.54) is 16.8 Å². The number of fused-ring (bicyclic) bond motifs is 1. The van der Waals surface area contributed by atoms with Crippen LogP contribution in [0.15, 0.2) is 23.2 Å². The van der Waals surface area contributed by atoms with Gasteiger partial charge in [-0.3, -0.25) is 0 Å². The van der Waals surface area contributed by atoms with Crippen molar-refractivity contribution in [2.24, 2.45) is 0 Å². The highest BCUT2D eigenvalue weighted by atomic mass is 32.2. The number of amides is 2. The number of nitriles is 1. The molecule has 3 aliphatic rings. The van der Waals surface area contributed by atoms with Gasteiger partial charge in [-0.1, -0.05) is 11.3 Å². The lowest BCUT2D eigenvalue weighted by molar-refractivity contribution is 0.117. The van der Waals surface area contributed by atoms with Crippen molar-refractivity contribution >= 4 is 44.0 Å². The molecule has 4 heterocycles. The van der Waals surface area contributed by atoms with Gasteiger partial charge in [0.15, 0.2) is 5.01 Å². The highest BCUT2D eigenvalue weighted by Gasteiger charge is 2.47. The Morgan fingerprint density at radius 3 is 2.47 bits per heavy atom. The number of piperazine rings is 1. The van der Waals surface area contributed by atoms with Crippen LogP contribution in [0.5, 0.6) is 0 Å². The van der Waals surface area contributed by atoms with Crippen LogP contribution in [0.4, 0.5) is 19.3 Å². The van der Waals surface area contributed by atoms with Gasteiger partial charge in [-0.15, -0.1) is 10.2 Å². The maximum atomic E-state index is 13.5. The number of aromatic nitrogens is 4. The van der Waals surface area contributed by atoms with Crippen LogP contribution in [0, 0.1) is 11.3 Å². The lowest BCUT2D eigenvalue weighted by Gasteiger charge is -2.41. The van der Waals surface area contributed by atoms with E-state index in [2.05, 4.69) is 32.0 Å². The molecule has 2 aliphatic heterocycles. The molecule has 0 unspecified atom stereocenters. The summed E-state index contributed by atoms with van der Waals surface area (Å²) in [7, 11) is -0.193. The molecule has 1 aromatic carbocycles. The van der Waals surface area contributed by atoms with Crippen LogP contribution in [-0.2, 0) is 10.0 Å². The van der Waals surface area contributed by atoms with Gasteiger partial charge in [0.1, 0.15) is 5.54 Å². The fraction of sp³-hybridized carbons (Fsp3) is 0.577. The predicted octanol–water partition coefficient (Wildman–Crippen LogP) is 2.42. The van der Waals surface area contributed by atoms with Gasteiger partial charge in [0.2, 0.25) is 15.2 Å². The molecule has 13 nitrogen and oxygen atoms in total. The van der Waals surface area contributed by atoms with E-state index in [1.54, 1.807) is 6.20 Å². The zero-order valence-electron chi connectivity index (χ0n) is 23.8. The van der Waals surface area contributed by atoms with Crippen molar-refractivity contribution in [3.8, 4) is 11.2 Å². The van der Waals surface area contributed by atoms with Gasteiger partial charge < -0.3 is 19.6 Å². The number of alkyl halides is 2. The van der Waals surface area contributed by atoms with Crippen molar-refractivity contribution in [2.75, 3.05) is 58.3 Å². The number of nitrogens with zero attached hydrogens (tertiary/aromatic N) is 9. The van der Waals surface area contributed by atoms with E-state index in [-0.39, 0.29) is 22.1 Å². The van der Waals surface area contributed by atoms with Crippen molar-refractivity contribution in [1.82, 2.24) is 39.4 Å². The first-order valence-corrected chi connectivity index (χ1v) is 16.3. The Bertz CT molecular complexity index is 1670. The predicted molar refractivity (Wildman–Crippen MR) is 155 cm³/mol. The number of halogens is 2. The quantitative estimate of drug-likeness (QED) is 0.415. The van der Waals surface area contributed by atoms with Gasteiger partial charge >= 0.3 is 6.03 Å². The van der Waals surface area contributed by atoms with Crippen LogP contribution < -0.4 is 9.62 Å². The molecule has 2 amide bonds. The minimum atomic E-state index is -4.12. The van der Waals surface area contributed by atoms with Crippen molar-refractivity contribution in [3.63, 3.8) is 0 Å². The van der Waals surface area contributed by atoms with Gasteiger partial charge in [-0.2, -0.15) is 15.1 Å². The largest absolute Gasteiger partial charge is 0.367 e. The van der Waals surface area contributed by atoms with Gasteiger partial charge in [-0.05, 0) is 58.0 Å². The molecule has 2 saturated heterocycles. The Kier molecular flexibility index (Phi) is 7.73. The molecule has 17 heteroatoms. The molecule has 43 heavy (non-hydrogen) atoms. The Morgan fingerprint density at radius 2 is 1.86 bits per heavy atom. The van der Waals surface area contributed by atoms with E-state index in [1.807, 2.05) is 27.8 Å². The third-order valence-corrected chi connectivity index (χ3v) is 10.9. The summed E-state index contributed by atoms with van der Waals surface area (Å²) in [6.07, 6.45) is 1.42. The van der Waals surface area contributed by atoms with Gasteiger partial charge in [0.05, 0.1) is 22.7 Å². The number of carbonyl (C=O) groups excluding carboxylic acids is 1. The van der Waals surface area contributed by atoms with Gasteiger partial charge in [0.25, 0.3) is 6.43 Å². The summed E-state index contributed by atoms with van der Waals surface area (Å²) < 4.78 is 57.3. The molecular weight excluding hydrogens is 602 g/mol. The standard InChI is InChI=1S/C26H32F2N10O3S2/c1-34-7-3-17(4-8-34)35(2)25(39)37-11-9-36(10-12-37)20-13-18(43(40,41)33-26(16-29)5-6-26)14-21-19(20)15-30-38(21)24-32-31-23(42-24)22(27)28/h13-15,17,22,33H,3-12H2,1-2H3. The van der Waals surface area contributed by atoms with E-state index in [9.17, 15) is 27.3 Å². The third kappa shape index (κ3) is 5.76. The second-order valence-corrected chi connectivity index (χ2v) is 14.0. The maximum absolute atomic E-state index is 13.5. The summed E-state index contributed by atoms with van der Waals surface area (Å²) in [6.45, 7) is 3.66. The number of rotatable bonds is 7.